The molecule has 0 aromatic carbocycles. The Hall–Kier alpha value is -2.89. The Labute approximate surface area is 332 Å². The lowest BCUT2D eigenvalue weighted by Crippen LogP contribution is -2.30. The lowest BCUT2D eigenvalue weighted by Gasteiger charge is -2.18. The molecule has 0 amide bonds. The molecule has 310 valence electrons. The smallest absolute Gasteiger partial charge is 0.306 e. The summed E-state index contributed by atoms with van der Waals surface area (Å²) in [5, 5.41) is 0. The monoisotopic (exact) mass is 755 g/mol. The fourth-order valence-electron chi connectivity index (χ4n) is 5.83. The normalized spacial score (nSPS) is 12.6. The minimum Gasteiger partial charge on any atom is -0.462 e. The molecule has 1 unspecified atom stereocenters. The molecule has 1 atom stereocenters. The summed E-state index contributed by atoms with van der Waals surface area (Å²) in [6.45, 7) is 6.39. The SMILES string of the molecule is CC/C=C\C/C=C\C/C=C\CCCCCCCCC(=O)OCC(COC(=O)CCCCCC/C=C\CCCC)OC(=O)CCCCCC/C=C\CCCC. The molecule has 0 fully saturated rings. The van der Waals surface area contributed by atoms with Gasteiger partial charge in [-0.1, -0.05) is 159 Å². The minimum absolute atomic E-state index is 0.0900. The van der Waals surface area contributed by atoms with Gasteiger partial charge in [-0.25, -0.2) is 0 Å². The summed E-state index contributed by atoms with van der Waals surface area (Å²) < 4.78 is 16.6. The maximum Gasteiger partial charge on any atom is 0.306 e. The second-order valence-corrected chi connectivity index (χ2v) is 14.6. The molecular weight excluding hydrogens is 673 g/mol. The van der Waals surface area contributed by atoms with E-state index >= 15 is 0 Å². The highest BCUT2D eigenvalue weighted by Gasteiger charge is 2.19. The van der Waals surface area contributed by atoms with Crippen molar-refractivity contribution in [2.24, 2.45) is 0 Å². The zero-order valence-corrected chi connectivity index (χ0v) is 35.2. The highest BCUT2D eigenvalue weighted by molar-refractivity contribution is 5.71. The molecule has 0 aromatic heterocycles. The van der Waals surface area contributed by atoms with Crippen LogP contribution in [0.2, 0.25) is 0 Å². The lowest BCUT2D eigenvalue weighted by molar-refractivity contribution is -0.167. The topological polar surface area (TPSA) is 78.9 Å². The van der Waals surface area contributed by atoms with E-state index in [1.54, 1.807) is 0 Å². The van der Waals surface area contributed by atoms with Crippen molar-refractivity contribution >= 4 is 17.9 Å². The van der Waals surface area contributed by atoms with Crippen molar-refractivity contribution in [3.05, 3.63) is 60.8 Å². The van der Waals surface area contributed by atoms with Crippen LogP contribution in [0.1, 0.15) is 207 Å². The zero-order valence-electron chi connectivity index (χ0n) is 35.2. The number of ether oxygens (including phenoxy) is 3. The van der Waals surface area contributed by atoms with Gasteiger partial charge in [0.2, 0.25) is 0 Å². The van der Waals surface area contributed by atoms with Crippen LogP contribution in [0.4, 0.5) is 0 Å². The lowest BCUT2D eigenvalue weighted by atomic mass is 10.1. The van der Waals surface area contributed by atoms with Crippen molar-refractivity contribution in [1.29, 1.82) is 0 Å². The third kappa shape index (κ3) is 40.3. The summed E-state index contributed by atoms with van der Waals surface area (Å²) in [6, 6.07) is 0. The molecule has 0 bridgehead atoms. The van der Waals surface area contributed by atoms with Gasteiger partial charge in [-0.05, 0) is 89.9 Å². The minimum atomic E-state index is -0.786. The van der Waals surface area contributed by atoms with E-state index in [2.05, 4.69) is 81.5 Å². The highest BCUT2D eigenvalue weighted by atomic mass is 16.6. The van der Waals surface area contributed by atoms with Gasteiger partial charge >= 0.3 is 17.9 Å². The average molecular weight is 755 g/mol. The summed E-state index contributed by atoms with van der Waals surface area (Å²) in [5.41, 5.74) is 0. The number of esters is 3. The van der Waals surface area contributed by atoms with Gasteiger partial charge in [-0.2, -0.15) is 0 Å². The first kappa shape index (κ1) is 51.1. The Kier molecular flexibility index (Phi) is 40.6. The van der Waals surface area contributed by atoms with Crippen LogP contribution < -0.4 is 0 Å². The van der Waals surface area contributed by atoms with E-state index in [-0.39, 0.29) is 31.1 Å². The Morgan fingerprint density at radius 2 is 0.722 bits per heavy atom. The first-order chi connectivity index (χ1) is 26.5. The highest BCUT2D eigenvalue weighted by Crippen LogP contribution is 2.13. The summed E-state index contributed by atoms with van der Waals surface area (Å²) in [5.74, 6) is -0.935. The number of carbonyl (C=O) groups is 3. The van der Waals surface area contributed by atoms with E-state index < -0.39 is 6.10 Å². The molecule has 0 heterocycles. The van der Waals surface area contributed by atoms with Crippen molar-refractivity contribution < 1.29 is 28.6 Å². The first-order valence-corrected chi connectivity index (χ1v) is 22.3. The Morgan fingerprint density at radius 1 is 0.389 bits per heavy atom. The Balaban J connectivity index is 4.38. The molecule has 0 aliphatic carbocycles. The average Bonchev–Trinajstić information content (AvgIpc) is 3.17. The van der Waals surface area contributed by atoms with Crippen LogP contribution in [0.15, 0.2) is 60.8 Å². The molecule has 0 saturated carbocycles. The van der Waals surface area contributed by atoms with Crippen LogP contribution in [0.5, 0.6) is 0 Å². The van der Waals surface area contributed by atoms with Gasteiger partial charge in [-0.3, -0.25) is 14.4 Å². The van der Waals surface area contributed by atoms with Gasteiger partial charge in [0.15, 0.2) is 6.10 Å². The largest absolute Gasteiger partial charge is 0.462 e. The molecule has 0 N–H and O–H groups in total. The van der Waals surface area contributed by atoms with Crippen molar-refractivity contribution in [2.45, 2.75) is 213 Å². The predicted molar refractivity (Wildman–Crippen MR) is 228 cm³/mol. The molecule has 6 nitrogen and oxygen atoms in total. The zero-order chi connectivity index (χ0) is 39.4. The van der Waals surface area contributed by atoms with E-state index in [1.807, 2.05) is 0 Å². The van der Waals surface area contributed by atoms with Gasteiger partial charge in [0.25, 0.3) is 0 Å². The summed E-state index contributed by atoms with van der Waals surface area (Å²) in [4.78, 5) is 37.6. The number of hydrogen-bond acceptors (Lipinski definition) is 6. The third-order valence-corrected chi connectivity index (χ3v) is 9.23. The van der Waals surface area contributed by atoms with E-state index in [4.69, 9.17) is 14.2 Å². The molecule has 0 radical (unpaired) electrons. The van der Waals surface area contributed by atoms with Crippen molar-refractivity contribution in [1.82, 2.24) is 0 Å². The van der Waals surface area contributed by atoms with E-state index in [0.29, 0.717) is 19.3 Å². The second-order valence-electron chi connectivity index (χ2n) is 14.6. The molecule has 0 spiro atoms. The van der Waals surface area contributed by atoms with Crippen LogP contribution in [0.25, 0.3) is 0 Å². The molecule has 0 rings (SSSR count). The van der Waals surface area contributed by atoms with Gasteiger partial charge in [0.05, 0.1) is 0 Å². The Bertz CT molecular complexity index is 1010. The number of allylic oxidation sites excluding steroid dienone is 10. The number of unbranched alkanes of at least 4 members (excludes halogenated alkanes) is 18. The fraction of sp³-hybridized carbons (Fsp3) is 0.729. The molecule has 0 saturated heterocycles. The summed E-state index contributed by atoms with van der Waals surface area (Å²) in [7, 11) is 0. The maximum absolute atomic E-state index is 12.7. The molecule has 0 aromatic rings. The van der Waals surface area contributed by atoms with Crippen molar-refractivity contribution in [3.63, 3.8) is 0 Å². The van der Waals surface area contributed by atoms with Crippen LogP contribution in [0.3, 0.4) is 0 Å². The molecule has 0 aliphatic heterocycles. The first-order valence-electron chi connectivity index (χ1n) is 22.3. The van der Waals surface area contributed by atoms with E-state index in [9.17, 15) is 14.4 Å². The standard InChI is InChI=1S/C48H82O6/c1-4-7-10-13-16-19-22-23-24-25-26-27-30-32-35-38-41-47(50)53-44-45(54-48(51)42-39-36-33-29-21-18-15-12-9-6-3)43-52-46(49)40-37-34-31-28-20-17-14-11-8-5-2/h7,10,14-19,23-24,45H,4-6,8-9,11-13,20-22,25-44H2,1-3H3/b10-7-,17-14-,18-15-,19-16-,24-23-. The van der Waals surface area contributed by atoms with Crippen LogP contribution >= 0.6 is 0 Å². The predicted octanol–water partition coefficient (Wildman–Crippen LogP) is 14.1. The van der Waals surface area contributed by atoms with Gasteiger partial charge < -0.3 is 14.2 Å². The van der Waals surface area contributed by atoms with Crippen LogP contribution in [-0.4, -0.2) is 37.2 Å². The van der Waals surface area contributed by atoms with Gasteiger partial charge in [0, 0.05) is 19.3 Å². The van der Waals surface area contributed by atoms with Crippen molar-refractivity contribution in [2.75, 3.05) is 13.2 Å². The van der Waals surface area contributed by atoms with Crippen molar-refractivity contribution in [3.8, 4) is 0 Å². The number of rotatable bonds is 39. The molecule has 54 heavy (non-hydrogen) atoms. The quantitative estimate of drug-likeness (QED) is 0.0269. The Morgan fingerprint density at radius 3 is 1.15 bits per heavy atom. The summed E-state index contributed by atoms with van der Waals surface area (Å²) in [6.07, 6.45) is 50.6. The molecule has 0 aliphatic rings. The number of hydrogen-bond donors (Lipinski definition) is 0. The number of carbonyl (C=O) groups excluding carboxylic acids is 3. The van der Waals surface area contributed by atoms with Gasteiger partial charge in [0.1, 0.15) is 13.2 Å². The van der Waals surface area contributed by atoms with Crippen LogP contribution in [0, 0.1) is 0 Å². The fourth-order valence-corrected chi connectivity index (χ4v) is 5.83. The van der Waals surface area contributed by atoms with E-state index in [0.717, 1.165) is 122 Å². The second kappa shape index (κ2) is 42.8. The third-order valence-electron chi connectivity index (χ3n) is 9.23. The molecule has 6 heteroatoms. The van der Waals surface area contributed by atoms with Gasteiger partial charge in [-0.15, -0.1) is 0 Å². The van der Waals surface area contributed by atoms with E-state index in [1.165, 1.54) is 44.9 Å². The molecular formula is C48H82O6. The summed E-state index contributed by atoms with van der Waals surface area (Å²) >= 11 is 0. The van der Waals surface area contributed by atoms with Crippen LogP contribution in [-0.2, 0) is 28.6 Å². The maximum atomic E-state index is 12.7.